The van der Waals surface area contributed by atoms with Crippen molar-refractivity contribution in [3.8, 4) is 22.5 Å². The zero-order valence-electron chi connectivity index (χ0n) is 16.7. The van der Waals surface area contributed by atoms with E-state index in [1.165, 1.54) is 10.9 Å². The summed E-state index contributed by atoms with van der Waals surface area (Å²) in [4.78, 5) is 19.5. The molecule has 5 rings (SSSR count). The topological polar surface area (TPSA) is 69.7 Å². The quantitative estimate of drug-likeness (QED) is 0.563. The van der Waals surface area contributed by atoms with Crippen LogP contribution in [-0.2, 0) is 0 Å². The van der Waals surface area contributed by atoms with Gasteiger partial charge < -0.3 is 15.2 Å². The molecule has 4 aromatic rings. The van der Waals surface area contributed by atoms with Gasteiger partial charge in [-0.3, -0.25) is 4.98 Å². The molecule has 29 heavy (non-hydrogen) atoms. The Morgan fingerprint density at radius 3 is 2.52 bits per heavy atom. The summed E-state index contributed by atoms with van der Waals surface area (Å²) in [7, 11) is 0. The summed E-state index contributed by atoms with van der Waals surface area (Å²) in [5.74, 6) is 1.05. The van der Waals surface area contributed by atoms with Gasteiger partial charge in [-0.05, 0) is 43.2 Å². The number of piperazine rings is 1. The van der Waals surface area contributed by atoms with Crippen molar-refractivity contribution in [3.05, 3.63) is 60.2 Å². The molecule has 0 atom stereocenters. The Bertz CT molecular complexity index is 1160. The third kappa shape index (κ3) is 3.36. The van der Waals surface area contributed by atoms with E-state index in [2.05, 4.69) is 62.4 Å². The number of benzene rings is 1. The standard InChI is InChI=1S/C23H24N6/c1-15-12-25-14-21(27-15)23-16(2)19-5-3-17(11-20(19)28-23)18-4-6-22(26-13-18)29-9-7-24-8-10-29/h3-6,11-14,24,28H,7-10H2,1-2H3. The van der Waals surface area contributed by atoms with Gasteiger partial charge >= 0.3 is 0 Å². The number of aryl methyl sites for hydroxylation is 2. The van der Waals surface area contributed by atoms with Crippen LogP contribution in [0.4, 0.5) is 5.82 Å². The van der Waals surface area contributed by atoms with Gasteiger partial charge in [0.05, 0.1) is 17.6 Å². The first-order valence-electron chi connectivity index (χ1n) is 10.0. The number of rotatable bonds is 3. The lowest BCUT2D eigenvalue weighted by Gasteiger charge is -2.28. The summed E-state index contributed by atoms with van der Waals surface area (Å²) in [5, 5.41) is 4.58. The number of nitrogens with one attached hydrogen (secondary N) is 2. The van der Waals surface area contributed by atoms with E-state index >= 15 is 0 Å². The number of anilines is 1. The molecular weight excluding hydrogens is 360 g/mol. The zero-order valence-corrected chi connectivity index (χ0v) is 16.7. The van der Waals surface area contributed by atoms with Crippen molar-refractivity contribution >= 4 is 16.7 Å². The summed E-state index contributed by atoms with van der Waals surface area (Å²) in [5.41, 5.74) is 7.39. The molecule has 3 aromatic heterocycles. The lowest BCUT2D eigenvalue weighted by molar-refractivity contribution is 0.585. The number of aromatic nitrogens is 4. The van der Waals surface area contributed by atoms with Crippen LogP contribution in [-0.4, -0.2) is 46.1 Å². The minimum atomic E-state index is 0.877. The van der Waals surface area contributed by atoms with Gasteiger partial charge in [0.15, 0.2) is 0 Å². The molecule has 2 N–H and O–H groups in total. The summed E-state index contributed by atoms with van der Waals surface area (Å²) in [6, 6.07) is 10.8. The average Bonchev–Trinajstić information content (AvgIpc) is 3.10. The van der Waals surface area contributed by atoms with E-state index in [1.807, 2.05) is 19.3 Å². The molecule has 1 aromatic carbocycles. The van der Waals surface area contributed by atoms with Gasteiger partial charge in [-0.25, -0.2) is 9.97 Å². The van der Waals surface area contributed by atoms with Crippen molar-refractivity contribution in [2.45, 2.75) is 13.8 Å². The monoisotopic (exact) mass is 384 g/mol. The van der Waals surface area contributed by atoms with Crippen LogP contribution in [0.5, 0.6) is 0 Å². The molecule has 0 radical (unpaired) electrons. The van der Waals surface area contributed by atoms with E-state index in [4.69, 9.17) is 4.98 Å². The predicted octanol–water partition coefficient (Wildman–Crippen LogP) is 3.71. The zero-order chi connectivity index (χ0) is 19.8. The van der Waals surface area contributed by atoms with Crippen LogP contribution in [0.1, 0.15) is 11.3 Å². The van der Waals surface area contributed by atoms with E-state index in [0.29, 0.717) is 0 Å². The number of fused-ring (bicyclic) bond motifs is 1. The van der Waals surface area contributed by atoms with Crippen LogP contribution in [0.2, 0.25) is 0 Å². The molecule has 6 heteroatoms. The van der Waals surface area contributed by atoms with Crippen LogP contribution in [0.25, 0.3) is 33.4 Å². The van der Waals surface area contributed by atoms with Crippen molar-refractivity contribution < 1.29 is 0 Å². The van der Waals surface area contributed by atoms with Crippen molar-refractivity contribution in [1.29, 1.82) is 0 Å². The largest absolute Gasteiger partial charge is 0.354 e. The van der Waals surface area contributed by atoms with Crippen molar-refractivity contribution in [2.24, 2.45) is 0 Å². The maximum atomic E-state index is 4.71. The van der Waals surface area contributed by atoms with E-state index in [0.717, 1.165) is 65.7 Å². The van der Waals surface area contributed by atoms with Crippen LogP contribution >= 0.6 is 0 Å². The summed E-state index contributed by atoms with van der Waals surface area (Å²) in [6.07, 6.45) is 5.56. The lowest BCUT2D eigenvalue weighted by Crippen LogP contribution is -2.43. The Hall–Kier alpha value is -3.25. The van der Waals surface area contributed by atoms with Gasteiger partial charge in [-0.2, -0.15) is 0 Å². The Morgan fingerprint density at radius 1 is 0.931 bits per heavy atom. The first-order valence-corrected chi connectivity index (χ1v) is 10.0. The highest BCUT2D eigenvalue weighted by Gasteiger charge is 2.14. The third-order valence-electron chi connectivity index (χ3n) is 5.59. The Kier molecular flexibility index (Phi) is 4.48. The van der Waals surface area contributed by atoms with Gasteiger partial charge in [0.25, 0.3) is 0 Å². The molecule has 0 bridgehead atoms. The number of aromatic amines is 1. The van der Waals surface area contributed by atoms with Crippen molar-refractivity contribution in [3.63, 3.8) is 0 Å². The van der Waals surface area contributed by atoms with Crippen LogP contribution in [0, 0.1) is 13.8 Å². The van der Waals surface area contributed by atoms with Crippen LogP contribution < -0.4 is 10.2 Å². The fraction of sp³-hybridized carbons (Fsp3) is 0.261. The van der Waals surface area contributed by atoms with E-state index in [-0.39, 0.29) is 0 Å². The molecular formula is C23H24N6. The number of hydrogen-bond acceptors (Lipinski definition) is 5. The van der Waals surface area contributed by atoms with Gasteiger partial charge in [-0.15, -0.1) is 0 Å². The molecule has 146 valence electrons. The molecule has 4 heterocycles. The molecule has 1 saturated heterocycles. The highest BCUT2D eigenvalue weighted by atomic mass is 15.2. The first kappa shape index (κ1) is 17.8. The van der Waals surface area contributed by atoms with Crippen LogP contribution in [0.3, 0.4) is 0 Å². The second kappa shape index (κ2) is 7.29. The van der Waals surface area contributed by atoms with Crippen molar-refractivity contribution in [1.82, 2.24) is 25.3 Å². The normalized spacial score (nSPS) is 14.5. The molecule has 1 fully saturated rings. The van der Waals surface area contributed by atoms with E-state index in [1.54, 1.807) is 6.20 Å². The minimum absolute atomic E-state index is 0.877. The minimum Gasteiger partial charge on any atom is -0.354 e. The third-order valence-corrected chi connectivity index (χ3v) is 5.59. The highest BCUT2D eigenvalue weighted by Crippen LogP contribution is 2.31. The van der Waals surface area contributed by atoms with E-state index < -0.39 is 0 Å². The van der Waals surface area contributed by atoms with E-state index in [9.17, 15) is 0 Å². The number of nitrogens with zero attached hydrogens (tertiary/aromatic N) is 4. The molecule has 0 spiro atoms. The van der Waals surface area contributed by atoms with Crippen molar-refractivity contribution in [2.75, 3.05) is 31.1 Å². The SMILES string of the molecule is Cc1cncc(-c2[nH]c3cc(-c4ccc(N5CCNCC5)nc4)ccc3c2C)n1. The van der Waals surface area contributed by atoms with Crippen LogP contribution in [0.15, 0.2) is 48.9 Å². The molecule has 0 amide bonds. The summed E-state index contributed by atoms with van der Waals surface area (Å²) >= 11 is 0. The number of pyridine rings is 1. The highest BCUT2D eigenvalue weighted by molar-refractivity contribution is 5.92. The predicted molar refractivity (Wildman–Crippen MR) is 117 cm³/mol. The Labute approximate surface area is 170 Å². The van der Waals surface area contributed by atoms with Gasteiger partial charge in [0, 0.05) is 55.0 Å². The Morgan fingerprint density at radius 2 is 1.76 bits per heavy atom. The maximum absolute atomic E-state index is 4.71. The first-order chi connectivity index (χ1) is 14.2. The molecule has 0 unspecified atom stereocenters. The molecule has 0 aliphatic carbocycles. The maximum Gasteiger partial charge on any atom is 0.128 e. The number of H-pyrrole nitrogens is 1. The van der Waals surface area contributed by atoms with Gasteiger partial charge in [0.2, 0.25) is 0 Å². The van der Waals surface area contributed by atoms with Gasteiger partial charge in [-0.1, -0.05) is 12.1 Å². The second-order valence-corrected chi connectivity index (χ2v) is 7.57. The second-order valence-electron chi connectivity index (χ2n) is 7.57. The summed E-state index contributed by atoms with van der Waals surface area (Å²) in [6.45, 7) is 8.13. The molecule has 1 aliphatic rings. The summed E-state index contributed by atoms with van der Waals surface area (Å²) < 4.78 is 0. The lowest BCUT2D eigenvalue weighted by atomic mass is 10.0. The molecule has 0 saturated carbocycles. The van der Waals surface area contributed by atoms with Gasteiger partial charge in [0.1, 0.15) is 11.5 Å². The fourth-order valence-corrected chi connectivity index (χ4v) is 4.00. The average molecular weight is 384 g/mol. The fourth-order valence-electron chi connectivity index (χ4n) is 4.00. The molecule has 1 aliphatic heterocycles. The Balaban J connectivity index is 1.48. The molecule has 6 nitrogen and oxygen atoms in total. The number of hydrogen-bond donors (Lipinski definition) is 2. The smallest absolute Gasteiger partial charge is 0.128 e.